The first-order valence-electron chi connectivity index (χ1n) is 7.85. The Bertz CT molecular complexity index is 827. The van der Waals surface area contributed by atoms with Crippen LogP contribution in [0.2, 0.25) is 10.0 Å². The average Bonchev–Trinajstić information content (AvgIpc) is 2.88. The maximum absolute atomic E-state index is 13.6. The molecule has 1 N–H and O–H groups in total. The number of carbonyl (C=O) groups excluding carboxylic acids is 1. The van der Waals surface area contributed by atoms with E-state index >= 15 is 0 Å². The second-order valence-corrected chi connectivity index (χ2v) is 7.07. The molecular weight excluding hydrogens is 350 g/mol. The van der Waals surface area contributed by atoms with E-state index in [2.05, 4.69) is 5.32 Å². The van der Waals surface area contributed by atoms with Gasteiger partial charge in [0, 0.05) is 11.7 Å². The minimum absolute atomic E-state index is 0.0720. The molecule has 24 heavy (non-hydrogen) atoms. The van der Waals surface area contributed by atoms with E-state index in [0.717, 1.165) is 30.4 Å². The van der Waals surface area contributed by atoms with Crippen LogP contribution in [0.4, 0.5) is 14.9 Å². The number of benzene rings is 2. The lowest BCUT2D eigenvalue weighted by atomic mass is 9.93. The van der Waals surface area contributed by atoms with Gasteiger partial charge in [-0.05, 0) is 60.7 Å². The molecule has 2 bridgehead atoms. The Morgan fingerprint density at radius 2 is 1.96 bits per heavy atom. The molecule has 0 aliphatic carbocycles. The lowest BCUT2D eigenvalue weighted by Gasteiger charge is -2.36. The van der Waals surface area contributed by atoms with Crippen LogP contribution in [0.5, 0.6) is 0 Å². The van der Waals surface area contributed by atoms with E-state index in [1.54, 1.807) is 24.3 Å². The number of carbonyl (C=O) groups is 1. The number of fused-ring (bicyclic) bond motifs is 4. The average molecular weight is 365 g/mol. The quantitative estimate of drug-likeness (QED) is 0.719. The van der Waals surface area contributed by atoms with Crippen LogP contribution in [-0.4, -0.2) is 17.0 Å². The summed E-state index contributed by atoms with van der Waals surface area (Å²) in [5.74, 6) is -0.260. The highest BCUT2D eigenvalue weighted by Gasteiger charge is 2.42. The van der Waals surface area contributed by atoms with Crippen molar-refractivity contribution in [3.8, 4) is 0 Å². The summed E-state index contributed by atoms with van der Waals surface area (Å²) in [6.07, 6.45) is 2.55. The van der Waals surface area contributed by atoms with E-state index in [0.29, 0.717) is 15.7 Å². The molecule has 0 aromatic heterocycles. The molecule has 2 aromatic rings. The Kier molecular flexibility index (Phi) is 3.89. The molecule has 6 heteroatoms. The van der Waals surface area contributed by atoms with Gasteiger partial charge in [-0.3, -0.25) is 0 Å². The van der Waals surface area contributed by atoms with Gasteiger partial charge in [0.2, 0.25) is 0 Å². The summed E-state index contributed by atoms with van der Waals surface area (Å²) in [6, 6.07) is 9.76. The molecule has 2 unspecified atom stereocenters. The lowest BCUT2D eigenvalue weighted by Crippen LogP contribution is -2.44. The SMILES string of the molecule is O=C(Nc1ccc(Cl)c(Cl)c1)N1C2CCC1c1cc(F)ccc1C2. The Morgan fingerprint density at radius 1 is 1.12 bits per heavy atom. The largest absolute Gasteiger partial charge is 0.322 e. The molecule has 1 fully saturated rings. The van der Waals surface area contributed by atoms with Crippen LogP contribution < -0.4 is 5.32 Å². The standard InChI is InChI=1S/C18H15Cl2FN2O/c19-15-5-3-12(9-16(15)20)22-18(24)23-13-4-6-17(23)14-8-11(21)2-1-10(14)7-13/h1-3,5,8-9,13,17H,4,6-7H2,(H,22,24). The summed E-state index contributed by atoms with van der Waals surface area (Å²) in [4.78, 5) is 14.6. The molecule has 2 aliphatic heterocycles. The van der Waals surface area contributed by atoms with Gasteiger partial charge >= 0.3 is 6.03 Å². The molecule has 1 saturated heterocycles. The van der Waals surface area contributed by atoms with Crippen molar-refractivity contribution in [2.24, 2.45) is 0 Å². The van der Waals surface area contributed by atoms with Crippen LogP contribution in [-0.2, 0) is 6.42 Å². The van der Waals surface area contributed by atoms with Crippen LogP contribution in [0.15, 0.2) is 36.4 Å². The number of nitrogens with zero attached hydrogens (tertiary/aromatic N) is 1. The Balaban J connectivity index is 1.60. The topological polar surface area (TPSA) is 32.3 Å². The zero-order valence-electron chi connectivity index (χ0n) is 12.7. The van der Waals surface area contributed by atoms with Crippen LogP contribution in [0, 0.1) is 5.82 Å². The molecule has 3 nitrogen and oxygen atoms in total. The van der Waals surface area contributed by atoms with E-state index in [-0.39, 0.29) is 23.9 Å². The number of amides is 2. The number of anilines is 1. The van der Waals surface area contributed by atoms with E-state index < -0.39 is 0 Å². The highest BCUT2D eigenvalue weighted by atomic mass is 35.5. The second-order valence-electron chi connectivity index (χ2n) is 6.26. The number of hydrogen-bond donors (Lipinski definition) is 1. The Hall–Kier alpha value is -1.78. The van der Waals surface area contributed by atoms with Crippen molar-refractivity contribution in [2.75, 3.05) is 5.32 Å². The minimum Gasteiger partial charge on any atom is -0.314 e. The van der Waals surface area contributed by atoms with Gasteiger partial charge in [-0.25, -0.2) is 9.18 Å². The van der Waals surface area contributed by atoms with Gasteiger partial charge in [0.1, 0.15) is 5.82 Å². The molecule has 0 radical (unpaired) electrons. The van der Waals surface area contributed by atoms with Crippen LogP contribution in [0.3, 0.4) is 0 Å². The number of urea groups is 1. The summed E-state index contributed by atoms with van der Waals surface area (Å²) >= 11 is 11.9. The molecule has 4 rings (SSSR count). The monoisotopic (exact) mass is 364 g/mol. The van der Waals surface area contributed by atoms with Crippen molar-refractivity contribution in [1.82, 2.24) is 4.90 Å². The highest BCUT2D eigenvalue weighted by Crippen LogP contribution is 2.44. The fraction of sp³-hybridized carbons (Fsp3) is 0.278. The second kappa shape index (κ2) is 5.94. The maximum Gasteiger partial charge on any atom is 0.322 e. The van der Waals surface area contributed by atoms with Crippen molar-refractivity contribution >= 4 is 34.9 Å². The normalized spacial score (nSPS) is 21.5. The number of halogens is 3. The van der Waals surface area contributed by atoms with Gasteiger partial charge in [0.15, 0.2) is 0 Å². The first-order valence-corrected chi connectivity index (χ1v) is 8.61. The summed E-state index contributed by atoms with van der Waals surface area (Å²) in [5, 5.41) is 3.71. The first kappa shape index (κ1) is 15.7. The zero-order chi connectivity index (χ0) is 16.8. The predicted octanol–water partition coefficient (Wildman–Crippen LogP) is 5.43. The molecule has 0 spiro atoms. The van der Waals surface area contributed by atoms with E-state index in [1.165, 1.54) is 6.07 Å². The Morgan fingerprint density at radius 3 is 2.75 bits per heavy atom. The third-order valence-corrected chi connectivity index (χ3v) is 5.57. The zero-order valence-corrected chi connectivity index (χ0v) is 14.2. The van der Waals surface area contributed by atoms with E-state index in [4.69, 9.17) is 23.2 Å². The van der Waals surface area contributed by atoms with E-state index in [9.17, 15) is 9.18 Å². The molecule has 2 aromatic carbocycles. The van der Waals surface area contributed by atoms with Crippen LogP contribution >= 0.6 is 23.2 Å². The fourth-order valence-corrected chi connectivity index (χ4v) is 4.07. The minimum atomic E-state index is -0.260. The molecule has 2 amide bonds. The van der Waals surface area contributed by atoms with Gasteiger partial charge in [0.25, 0.3) is 0 Å². The maximum atomic E-state index is 13.6. The lowest BCUT2D eigenvalue weighted by molar-refractivity contribution is 0.179. The Labute approximate surface area is 149 Å². The van der Waals surface area contributed by atoms with Crippen molar-refractivity contribution in [3.63, 3.8) is 0 Å². The summed E-state index contributed by atoms with van der Waals surface area (Å²) < 4.78 is 13.6. The number of hydrogen-bond acceptors (Lipinski definition) is 1. The third-order valence-electron chi connectivity index (χ3n) is 4.83. The number of nitrogens with one attached hydrogen (secondary N) is 1. The molecule has 2 heterocycles. The van der Waals surface area contributed by atoms with Crippen LogP contribution in [0.25, 0.3) is 0 Å². The van der Waals surface area contributed by atoms with Crippen molar-refractivity contribution in [2.45, 2.75) is 31.3 Å². The molecule has 124 valence electrons. The highest BCUT2D eigenvalue weighted by molar-refractivity contribution is 6.42. The van der Waals surface area contributed by atoms with Crippen LogP contribution in [0.1, 0.15) is 30.0 Å². The molecule has 0 saturated carbocycles. The first-order chi connectivity index (χ1) is 11.5. The van der Waals surface area contributed by atoms with Crippen molar-refractivity contribution < 1.29 is 9.18 Å². The summed E-state index contributed by atoms with van der Waals surface area (Å²) in [5.41, 5.74) is 2.66. The van der Waals surface area contributed by atoms with Crippen molar-refractivity contribution in [3.05, 3.63) is 63.4 Å². The predicted molar refractivity (Wildman–Crippen MR) is 93.2 cm³/mol. The number of rotatable bonds is 1. The van der Waals surface area contributed by atoms with Gasteiger partial charge in [-0.1, -0.05) is 29.3 Å². The smallest absolute Gasteiger partial charge is 0.314 e. The third kappa shape index (κ3) is 2.64. The molecular formula is C18H15Cl2FN2O. The summed E-state index contributed by atoms with van der Waals surface area (Å²) in [7, 11) is 0. The van der Waals surface area contributed by atoms with Gasteiger partial charge in [0.05, 0.1) is 16.1 Å². The van der Waals surface area contributed by atoms with Gasteiger partial charge in [-0.2, -0.15) is 0 Å². The van der Waals surface area contributed by atoms with Crippen molar-refractivity contribution in [1.29, 1.82) is 0 Å². The fourth-order valence-electron chi connectivity index (χ4n) is 3.77. The van der Waals surface area contributed by atoms with Gasteiger partial charge < -0.3 is 10.2 Å². The summed E-state index contributed by atoms with van der Waals surface area (Å²) in [6.45, 7) is 0. The van der Waals surface area contributed by atoms with E-state index in [1.807, 2.05) is 11.0 Å². The molecule has 2 aliphatic rings. The molecule has 2 atom stereocenters. The van der Waals surface area contributed by atoms with Gasteiger partial charge in [-0.15, -0.1) is 0 Å².